The molecule has 0 bridgehead atoms. The summed E-state index contributed by atoms with van der Waals surface area (Å²) in [5.74, 6) is 0.712. The first-order valence-electron chi connectivity index (χ1n) is 8.81. The molecule has 3 rings (SSSR count). The molecule has 6 nitrogen and oxygen atoms in total. The summed E-state index contributed by atoms with van der Waals surface area (Å²) < 4.78 is 12.4. The number of nitrogens with zero attached hydrogens (tertiary/aromatic N) is 3. The Morgan fingerprint density at radius 2 is 1.93 bits per heavy atom. The van der Waals surface area contributed by atoms with Gasteiger partial charge in [0.25, 0.3) is 0 Å². The van der Waals surface area contributed by atoms with E-state index in [0.29, 0.717) is 23.7 Å². The Kier molecular flexibility index (Phi) is 5.46. The smallest absolute Gasteiger partial charge is 0.419 e. The van der Waals surface area contributed by atoms with Crippen molar-refractivity contribution in [2.24, 2.45) is 0 Å². The van der Waals surface area contributed by atoms with E-state index in [4.69, 9.17) is 16.0 Å². The van der Waals surface area contributed by atoms with Crippen molar-refractivity contribution in [2.75, 3.05) is 0 Å². The fraction of sp³-hybridized carbons (Fsp3) is 0.227. The lowest BCUT2D eigenvalue weighted by Crippen LogP contribution is -2.26. The van der Waals surface area contributed by atoms with Gasteiger partial charge in [-0.25, -0.2) is 19.2 Å². The number of imidazole rings is 1. The maximum Gasteiger partial charge on any atom is 0.419 e. The third-order valence-electron chi connectivity index (χ3n) is 3.78. The van der Waals surface area contributed by atoms with Crippen LogP contribution in [0.15, 0.2) is 61.1 Å². The van der Waals surface area contributed by atoms with Gasteiger partial charge in [-0.1, -0.05) is 18.2 Å². The van der Waals surface area contributed by atoms with E-state index >= 15 is 0 Å². The number of carbonyl (C=O) groups excluding carboxylic acids is 1. The molecular formula is C22H21N3O3. The normalized spacial score (nSPS) is 10.9. The summed E-state index contributed by atoms with van der Waals surface area (Å²) in [5, 5.41) is 0. The zero-order chi connectivity index (χ0) is 20.1. The highest BCUT2D eigenvalue weighted by Crippen LogP contribution is 2.22. The van der Waals surface area contributed by atoms with Crippen molar-refractivity contribution in [1.82, 2.24) is 9.55 Å². The zero-order valence-electron chi connectivity index (χ0n) is 16.0. The standard InChI is InChI=1S/C22H21N3O3/c1-22(2,3)28-21(26)25-13-20(24-15-25)17-8-10-19(11-9-17)27-14-16-6-5-7-18(12-16)23-4/h5-13,15H,14H2,1-3H3. The lowest BCUT2D eigenvalue weighted by Gasteiger charge is -2.19. The van der Waals surface area contributed by atoms with Crippen molar-refractivity contribution in [1.29, 1.82) is 0 Å². The van der Waals surface area contributed by atoms with E-state index in [0.717, 1.165) is 11.1 Å². The van der Waals surface area contributed by atoms with Crippen LogP contribution < -0.4 is 4.74 Å². The molecule has 0 aliphatic rings. The van der Waals surface area contributed by atoms with Crippen LogP contribution in [0, 0.1) is 6.57 Å². The summed E-state index contributed by atoms with van der Waals surface area (Å²) in [6.07, 6.45) is 2.62. The molecule has 1 heterocycles. The zero-order valence-corrected chi connectivity index (χ0v) is 16.0. The molecule has 0 N–H and O–H groups in total. The molecule has 0 radical (unpaired) electrons. The summed E-state index contributed by atoms with van der Waals surface area (Å²) in [5.41, 5.74) is 2.51. The molecule has 28 heavy (non-hydrogen) atoms. The van der Waals surface area contributed by atoms with Gasteiger partial charge < -0.3 is 9.47 Å². The number of ether oxygens (including phenoxy) is 2. The Morgan fingerprint density at radius 3 is 2.61 bits per heavy atom. The summed E-state index contributed by atoms with van der Waals surface area (Å²) >= 11 is 0. The monoisotopic (exact) mass is 375 g/mol. The lowest BCUT2D eigenvalue weighted by molar-refractivity contribution is 0.0536. The number of benzene rings is 2. The van der Waals surface area contributed by atoms with Gasteiger partial charge in [0.2, 0.25) is 0 Å². The second kappa shape index (κ2) is 7.97. The molecule has 6 heteroatoms. The van der Waals surface area contributed by atoms with Crippen molar-refractivity contribution >= 4 is 11.8 Å². The van der Waals surface area contributed by atoms with Crippen LogP contribution in [0.2, 0.25) is 0 Å². The molecule has 0 aliphatic heterocycles. The molecule has 1 aromatic heterocycles. The Morgan fingerprint density at radius 1 is 1.18 bits per heavy atom. The fourth-order valence-electron chi connectivity index (χ4n) is 2.49. The summed E-state index contributed by atoms with van der Waals surface area (Å²) in [4.78, 5) is 19.8. The highest BCUT2D eigenvalue weighted by molar-refractivity contribution is 5.73. The maximum absolute atomic E-state index is 12.1. The molecule has 0 atom stereocenters. The van der Waals surface area contributed by atoms with Crippen LogP contribution in [0.5, 0.6) is 5.75 Å². The van der Waals surface area contributed by atoms with Crippen molar-refractivity contribution < 1.29 is 14.3 Å². The van der Waals surface area contributed by atoms with Crippen molar-refractivity contribution in [2.45, 2.75) is 33.0 Å². The average molecular weight is 375 g/mol. The summed E-state index contributed by atoms with van der Waals surface area (Å²) in [6, 6.07) is 14.8. The minimum absolute atomic E-state index is 0.385. The first kappa shape index (κ1) is 19.2. The van der Waals surface area contributed by atoms with Crippen LogP contribution in [0.4, 0.5) is 10.5 Å². The summed E-state index contributed by atoms with van der Waals surface area (Å²) in [6.45, 7) is 12.9. The van der Waals surface area contributed by atoms with Crippen LogP contribution in [0.3, 0.4) is 0 Å². The number of carbonyl (C=O) groups is 1. The van der Waals surface area contributed by atoms with Crippen LogP contribution in [-0.2, 0) is 11.3 Å². The van der Waals surface area contributed by atoms with Gasteiger partial charge in [-0.2, -0.15) is 0 Å². The topological polar surface area (TPSA) is 57.7 Å². The fourth-order valence-corrected chi connectivity index (χ4v) is 2.49. The third-order valence-corrected chi connectivity index (χ3v) is 3.78. The number of aromatic nitrogens is 2. The largest absolute Gasteiger partial charge is 0.489 e. The maximum atomic E-state index is 12.1. The number of hydrogen-bond donors (Lipinski definition) is 0. The molecule has 0 fully saturated rings. The summed E-state index contributed by atoms with van der Waals surface area (Å²) in [7, 11) is 0. The molecule has 0 unspecified atom stereocenters. The first-order valence-corrected chi connectivity index (χ1v) is 8.81. The van der Waals surface area contributed by atoms with Crippen molar-refractivity contribution in [3.05, 3.63) is 78.0 Å². The third kappa shape index (κ3) is 4.98. The van der Waals surface area contributed by atoms with Gasteiger partial charge in [0.15, 0.2) is 5.69 Å². The minimum atomic E-state index is -0.561. The van der Waals surface area contributed by atoms with E-state index in [1.165, 1.54) is 10.9 Å². The lowest BCUT2D eigenvalue weighted by atomic mass is 10.1. The van der Waals surface area contributed by atoms with Crippen LogP contribution in [-0.4, -0.2) is 21.2 Å². The van der Waals surface area contributed by atoms with E-state index in [-0.39, 0.29) is 0 Å². The van der Waals surface area contributed by atoms with E-state index in [1.54, 1.807) is 12.3 Å². The van der Waals surface area contributed by atoms with Gasteiger partial charge in [-0.05, 0) is 56.7 Å². The van der Waals surface area contributed by atoms with E-state index in [9.17, 15) is 4.79 Å². The number of hydrogen-bond acceptors (Lipinski definition) is 4. The van der Waals surface area contributed by atoms with E-state index in [2.05, 4.69) is 9.83 Å². The second-order valence-corrected chi connectivity index (χ2v) is 7.24. The van der Waals surface area contributed by atoms with Gasteiger partial charge in [0.1, 0.15) is 24.3 Å². The molecule has 3 aromatic rings. The average Bonchev–Trinajstić information content (AvgIpc) is 3.16. The van der Waals surface area contributed by atoms with Gasteiger partial charge >= 0.3 is 6.09 Å². The Labute approximate surface area is 164 Å². The molecule has 2 aromatic carbocycles. The van der Waals surface area contributed by atoms with Gasteiger partial charge in [0, 0.05) is 11.8 Å². The van der Waals surface area contributed by atoms with E-state index in [1.807, 2.05) is 63.2 Å². The van der Waals surface area contributed by atoms with Crippen LogP contribution in [0.25, 0.3) is 16.1 Å². The van der Waals surface area contributed by atoms with Gasteiger partial charge in [-0.15, -0.1) is 0 Å². The quantitative estimate of drug-likeness (QED) is 0.568. The molecular weight excluding hydrogens is 354 g/mol. The number of rotatable bonds is 4. The molecule has 0 saturated carbocycles. The highest BCUT2D eigenvalue weighted by atomic mass is 16.6. The van der Waals surface area contributed by atoms with Crippen molar-refractivity contribution in [3.63, 3.8) is 0 Å². The predicted molar refractivity (Wildman–Crippen MR) is 106 cm³/mol. The molecule has 0 amide bonds. The van der Waals surface area contributed by atoms with Crippen LogP contribution >= 0.6 is 0 Å². The van der Waals surface area contributed by atoms with Gasteiger partial charge in [0.05, 0.1) is 12.3 Å². The van der Waals surface area contributed by atoms with Gasteiger partial charge in [-0.3, -0.25) is 0 Å². The second-order valence-electron chi connectivity index (χ2n) is 7.24. The molecule has 0 spiro atoms. The first-order chi connectivity index (χ1) is 13.3. The van der Waals surface area contributed by atoms with Crippen molar-refractivity contribution in [3.8, 4) is 17.0 Å². The minimum Gasteiger partial charge on any atom is -0.489 e. The molecule has 0 aliphatic carbocycles. The predicted octanol–water partition coefficient (Wildman–Crippen LogP) is 5.46. The highest BCUT2D eigenvalue weighted by Gasteiger charge is 2.18. The SMILES string of the molecule is [C-]#[N+]c1cccc(COc2ccc(-c3cn(C(=O)OC(C)(C)C)cn3)cc2)c1. The Hall–Kier alpha value is -3.59. The molecule has 0 saturated heterocycles. The Bertz CT molecular complexity index is 1010. The Balaban J connectivity index is 1.64. The van der Waals surface area contributed by atoms with Crippen LogP contribution in [0.1, 0.15) is 26.3 Å². The molecule has 142 valence electrons. The van der Waals surface area contributed by atoms with E-state index < -0.39 is 11.7 Å².